The number of carbonyl (C=O) groups excluding carboxylic acids is 1. The first-order valence-corrected chi connectivity index (χ1v) is 7.63. The number of aryl methyl sites for hydroxylation is 1. The second kappa shape index (κ2) is 6.93. The van der Waals surface area contributed by atoms with Crippen LogP contribution in [0.3, 0.4) is 0 Å². The van der Waals surface area contributed by atoms with Crippen molar-refractivity contribution < 1.29 is 19.4 Å². The summed E-state index contributed by atoms with van der Waals surface area (Å²) in [6, 6.07) is 5.75. The molecule has 1 aromatic rings. The Morgan fingerprint density at radius 3 is 2.71 bits per heavy atom. The molecule has 6 heteroatoms. The number of halogens is 1. The number of rotatable bonds is 6. The second-order valence-electron chi connectivity index (χ2n) is 5.24. The Morgan fingerprint density at radius 1 is 1.43 bits per heavy atom. The molecule has 1 aliphatic carbocycles. The number of amides is 1. The lowest BCUT2D eigenvalue weighted by Crippen LogP contribution is -2.46. The van der Waals surface area contributed by atoms with Crippen molar-refractivity contribution in [2.75, 3.05) is 7.11 Å². The van der Waals surface area contributed by atoms with Crippen molar-refractivity contribution in [3.63, 3.8) is 0 Å². The molecule has 0 aromatic heterocycles. The molecule has 0 atom stereocenters. The van der Waals surface area contributed by atoms with Crippen LogP contribution in [0, 0.1) is 5.92 Å². The van der Waals surface area contributed by atoms with Gasteiger partial charge in [-0.25, -0.2) is 0 Å². The number of carbonyl (C=O) groups is 2. The van der Waals surface area contributed by atoms with Crippen molar-refractivity contribution in [3.8, 4) is 5.75 Å². The highest BCUT2D eigenvalue weighted by Crippen LogP contribution is 2.28. The minimum atomic E-state index is -0.774. The van der Waals surface area contributed by atoms with E-state index in [0.717, 1.165) is 15.8 Å². The van der Waals surface area contributed by atoms with Crippen LogP contribution in [-0.2, 0) is 16.0 Å². The average molecular weight is 356 g/mol. The maximum atomic E-state index is 11.8. The zero-order valence-electron chi connectivity index (χ0n) is 11.8. The minimum Gasteiger partial charge on any atom is -0.496 e. The number of methoxy groups -OCH3 is 1. The van der Waals surface area contributed by atoms with Gasteiger partial charge in [0, 0.05) is 12.5 Å². The van der Waals surface area contributed by atoms with Crippen molar-refractivity contribution in [2.45, 2.75) is 31.7 Å². The third-order valence-electron chi connectivity index (χ3n) is 3.71. The zero-order valence-corrected chi connectivity index (χ0v) is 13.4. The van der Waals surface area contributed by atoms with E-state index >= 15 is 0 Å². The number of hydrogen-bond donors (Lipinski definition) is 2. The van der Waals surface area contributed by atoms with Gasteiger partial charge in [-0.05, 0) is 52.9 Å². The molecule has 21 heavy (non-hydrogen) atoms. The van der Waals surface area contributed by atoms with E-state index in [1.165, 1.54) is 0 Å². The fourth-order valence-corrected chi connectivity index (χ4v) is 2.95. The topological polar surface area (TPSA) is 75.6 Å². The van der Waals surface area contributed by atoms with E-state index < -0.39 is 5.97 Å². The molecule has 0 aliphatic heterocycles. The summed E-state index contributed by atoms with van der Waals surface area (Å²) in [4.78, 5) is 22.5. The quantitative estimate of drug-likeness (QED) is 0.821. The Kier molecular flexibility index (Phi) is 5.22. The fourth-order valence-electron chi connectivity index (χ4n) is 2.36. The number of carboxylic acid groups (broad SMARTS) is 1. The lowest BCUT2D eigenvalue weighted by atomic mass is 9.80. The largest absolute Gasteiger partial charge is 0.496 e. The lowest BCUT2D eigenvalue weighted by molar-refractivity contribution is -0.146. The van der Waals surface area contributed by atoms with Gasteiger partial charge >= 0.3 is 5.97 Å². The van der Waals surface area contributed by atoms with Crippen molar-refractivity contribution in [3.05, 3.63) is 28.2 Å². The smallest absolute Gasteiger partial charge is 0.306 e. The molecule has 0 unspecified atom stereocenters. The highest BCUT2D eigenvalue weighted by molar-refractivity contribution is 9.10. The molecule has 114 valence electrons. The Balaban J connectivity index is 1.74. The van der Waals surface area contributed by atoms with Crippen LogP contribution >= 0.6 is 15.9 Å². The molecule has 0 heterocycles. The molecule has 1 aliphatic rings. The van der Waals surface area contributed by atoms with Crippen LogP contribution in [0.15, 0.2) is 22.7 Å². The number of aliphatic carboxylic acids is 1. The Bertz CT molecular complexity index is 540. The number of carboxylic acids is 1. The SMILES string of the molecule is COc1ccc(CCC(=O)NC2CC(C(=O)O)C2)cc1Br. The Morgan fingerprint density at radius 2 is 2.14 bits per heavy atom. The Hall–Kier alpha value is -1.56. The van der Waals surface area contributed by atoms with Crippen molar-refractivity contribution in [1.82, 2.24) is 5.32 Å². The molecule has 0 radical (unpaired) electrons. The molecule has 0 bridgehead atoms. The van der Waals surface area contributed by atoms with Crippen LogP contribution < -0.4 is 10.1 Å². The van der Waals surface area contributed by atoms with E-state index in [2.05, 4.69) is 21.2 Å². The van der Waals surface area contributed by atoms with Crippen molar-refractivity contribution >= 4 is 27.8 Å². The predicted molar refractivity (Wildman–Crippen MR) is 81.3 cm³/mol. The summed E-state index contributed by atoms with van der Waals surface area (Å²) in [5.74, 6) is -0.343. The first-order valence-electron chi connectivity index (χ1n) is 6.84. The summed E-state index contributed by atoms with van der Waals surface area (Å²) in [5, 5.41) is 11.6. The third kappa shape index (κ3) is 4.20. The number of ether oxygens (including phenoxy) is 1. The third-order valence-corrected chi connectivity index (χ3v) is 4.33. The van der Waals surface area contributed by atoms with E-state index in [1.807, 2.05) is 18.2 Å². The maximum absolute atomic E-state index is 11.8. The molecular weight excluding hydrogens is 338 g/mol. The molecule has 0 saturated heterocycles. The number of benzene rings is 1. The highest BCUT2D eigenvalue weighted by atomic mass is 79.9. The van der Waals surface area contributed by atoms with Gasteiger partial charge in [-0.1, -0.05) is 6.07 Å². The Labute approximate surface area is 131 Å². The molecule has 1 aromatic carbocycles. The van der Waals surface area contributed by atoms with E-state index in [0.29, 0.717) is 25.7 Å². The molecule has 2 rings (SSSR count). The molecule has 1 amide bonds. The maximum Gasteiger partial charge on any atom is 0.306 e. The van der Waals surface area contributed by atoms with Crippen LogP contribution in [0.5, 0.6) is 5.75 Å². The summed E-state index contributed by atoms with van der Waals surface area (Å²) in [6.45, 7) is 0. The van der Waals surface area contributed by atoms with E-state index in [1.54, 1.807) is 7.11 Å². The molecule has 0 spiro atoms. The van der Waals surface area contributed by atoms with Gasteiger partial charge in [-0.3, -0.25) is 9.59 Å². The van der Waals surface area contributed by atoms with Gasteiger partial charge in [-0.15, -0.1) is 0 Å². The van der Waals surface area contributed by atoms with E-state index in [-0.39, 0.29) is 17.9 Å². The average Bonchev–Trinajstić information content (AvgIpc) is 2.39. The van der Waals surface area contributed by atoms with E-state index in [9.17, 15) is 9.59 Å². The van der Waals surface area contributed by atoms with Gasteiger partial charge in [0.05, 0.1) is 17.5 Å². The fraction of sp³-hybridized carbons (Fsp3) is 0.467. The summed E-state index contributed by atoms with van der Waals surface area (Å²) in [7, 11) is 1.61. The van der Waals surface area contributed by atoms with Gasteiger partial charge in [0.2, 0.25) is 5.91 Å². The normalized spacial score (nSPS) is 20.5. The summed E-state index contributed by atoms with van der Waals surface area (Å²) in [6.07, 6.45) is 2.11. The van der Waals surface area contributed by atoms with Gasteiger partial charge in [0.1, 0.15) is 5.75 Å². The monoisotopic (exact) mass is 355 g/mol. The van der Waals surface area contributed by atoms with Crippen LogP contribution in [0.2, 0.25) is 0 Å². The van der Waals surface area contributed by atoms with Gasteiger partial charge < -0.3 is 15.2 Å². The zero-order chi connectivity index (χ0) is 15.4. The molecule has 1 saturated carbocycles. The lowest BCUT2D eigenvalue weighted by Gasteiger charge is -2.32. The van der Waals surface area contributed by atoms with Crippen LogP contribution in [0.4, 0.5) is 0 Å². The van der Waals surface area contributed by atoms with Crippen molar-refractivity contribution in [1.29, 1.82) is 0 Å². The van der Waals surface area contributed by atoms with Crippen molar-refractivity contribution in [2.24, 2.45) is 5.92 Å². The first kappa shape index (κ1) is 15.8. The molecular formula is C15H18BrNO4. The minimum absolute atomic E-state index is 0.0150. The van der Waals surface area contributed by atoms with Gasteiger partial charge in [0.15, 0.2) is 0 Å². The molecule has 2 N–H and O–H groups in total. The van der Waals surface area contributed by atoms with Gasteiger partial charge in [0.25, 0.3) is 0 Å². The number of nitrogens with one attached hydrogen (secondary N) is 1. The predicted octanol–water partition coefficient (Wildman–Crippen LogP) is 2.37. The van der Waals surface area contributed by atoms with Crippen LogP contribution in [-0.4, -0.2) is 30.1 Å². The number of hydrogen-bond acceptors (Lipinski definition) is 3. The molecule has 1 fully saturated rings. The summed E-state index contributed by atoms with van der Waals surface area (Å²) < 4.78 is 6.02. The molecule has 5 nitrogen and oxygen atoms in total. The van der Waals surface area contributed by atoms with Crippen LogP contribution in [0.25, 0.3) is 0 Å². The van der Waals surface area contributed by atoms with Crippen LogP contribution in [0.1, 0.15) is 24.8 Å². The summed E-state index contributed by atoms with van der Waals surface area (Å²) in [5.41, 5.74) is 1.05. The second-order valence-corrected chi connectivity index (χ2v) is 6.09. The standard InChI is InChI=1S/C15H18BrNO4/c1-21-13-4-2-9(6-12(13)16)3-5-14(18)17-11-7-10(8-11)15(19)20/h2,4,6,10-11H,3,5,7-8H2,1H3,(H,17,18)(H,19,20). The highest BCUT2D eigenvalue weighted by Gasteiger charge is 2.35. The first-order chi connectivity index (χ1) is 9.99. The van der Waals surface area contributed by atoms with E-state index in [4.69, 9.17) is 9.84 Å². The summed E-state index contributed by atoms with van der Waals surface area (Å²) >= 11 is 3.41. The van der Waals surface area contributed by atoms with Gasteiger partial charge in [-0.2, -0.15) is 0 Å².